The minimum Gasteiger partial charge on any atom is -0.372 e. The molecule has 122 valence electrons. The third kappa shape index (κ3) is 5.45. The maximum atomic E-state index is 12.4. The van der Waals surface area contributed by atoms with E-state index in [1.54, 1.807) is 0 Å². The number of hydrogen-bond acceptors (Lipinski definition) is 2. The van der Waals surface area contributed by atoms with E-state index in [4.69, 9.17) is 4.74 Å². The second kappa shape index (κ2) is 9.62. The van der Waals surface area contributed by atoms with E-state index in [1.165, 1.54) is 12.0 Å². The molecule has 0 aliphatic carbocycles. The predicted octanol–water partition coefficient (Wildman–Crippen LogP) is 3.82. The van der Waals surface area contributed by atoms with Gasteiger partial charge in [-0.2, -0.15) is 0 Å². The number of unbranched alkanes of at least 4 members (excludes halogenated alkanes) is 1. The van der Waals surface area contributed by atoms with Gasteiger partial charge in [-0.3, -0.25) is 4.79 Å². The van der Waals surface area contributed by atoms with Gasteiger partial charge in [0.1, 0.15) is 6.61 Å². The van der Waals surface area contributed by atoms with Crippen molar-refractivity contribution >= 4 is 5.91 Å². The second-order valence-corrected chi connectivity index (χ2v) is 6.17. The van der Waals surface area contributed by atoms with Crippen molar-refractivity contribution in [3.05, 3.63) is 35.9 Å². The molecule has 1 aliphatic rings. The van der Waals surface area contributed by atoms with E-state index >= 15 is 0 Å². The minimum atomic E-state index is 0.175. The van der Waals surface area contributed by atoms with Crippen molar-refractivity contribution in [3.63, 3.8) is 0 Å². The second-order valence-electron chi connectivity index (χ2n) is 6.17. The van der Waals surface area contributed by atoms with Crippen LogP contribution in [-0.2, 0) is 16.0 Å². The number of amides is 1. The van der Waals surface area contributed by atoms with Gasteiger partial charge in [0.2, 0.25) is 5.91 Å². The molecule has 0 radical (unpaired) electrons. The third-order valence-electron chi connectivity index (χ3n) is 4.42. The monoisotopic (exact) mass is 303 g/mol. The molecule has 0 saturated carbocycles. The highest BCUT2D eigenvalue weighted by Gasteiger charge is 2.26. The van der Waals surface area contributed by atoms with Gasteiger partial charge in [0, 0.05) is 19.2 Å². The first-order valence-corrected chi connectivity index (χ1v) is 8.72. The zero-order valence-corrected chi connectivity index (χ0v) is 13.8. The van der Waals surface area contributed by atoms with Crippen LogP contribution < -0.4 is 0 Å². The summed E-state index contributed by atoms with van der Waals surface area (Å²) in [5.41, 5.74) is 1.36. The van der Waals surface area contributed by atoms with Gasteiger partial charge >= 0.3 is 0 Å². The van der Waals surface area contributed by atoms with Crippen LogP contribution in [0.5, 0.6) is 0 Å². The Hall–Kier alpha value is -1.35. The summed E-state index contributed by atoms with van der Waals surface area (Å²) in [4.78, 5) is 14.5. The molecular formula is C19H29NO2. The van der Waals surface area contributed by atoms with Crippen LogP contribution in [0, 0.1) is 0 Å². The Kier molecular flexibility index (Phi) is 7.44. The first-order chi connectivity index (χ1) is 10.8. The Bertz CT molecular complexity index is 432. The quantitative estimate of drug-likeness (QED) is 0.683. The average Bonchev–Trinajstić information content (AvgIpc) is 2.58. The van der Waals surface area contributed by atoms with Crippen molar-refractivity contribution in [2.75, 3.05) is 19.8 Å². The van der Waals surface area contributed by atoms with E-state index in [0.717, 1.165) is 45.1 Å². The van der Waals surface area contributed by atoms with Crippen molar-refractivity contribution < 1.29 is 9.53 Å². The molecule has 1 atom stereocenters. The van der Waals surface area contributed by atoms with Crippen LogP contribution in [-0.4, -0.2) is 36.6 Å². The van der Waals surface area contributed by atoms with E-state index in [2.05, 4.69) is 36.1 Å². The molecule has 0 aromatic heterocycles. The number of hydrogen-bond donors (Lipinski definition) is 0. The number of benzene rings is 1. The molecule has 1 amide bonds. The molecule has 0 bridgehead atoms. The molecule has 2 rings (SSSR count). The summed E-state index contributed by atoms with van der Waals surface area (Å²) < 4.78 is 5.51. The number of ether oxygens (including phenoxy) is 1. The standard InChI is InChI=1S/C19H29NO2/c1-2-3-15-22-16-19(21)20-14-8-7-11-18(20)13-12-17-9-5-4-6-10-17/h4-6,9-10,18H,2-3,7-8,11-16H2,1H3/t18-/m1/s1. The highest BCUT2D eigenvalue weighted by Crippen LogP contribution is 2.21. The van der Waals surface area contributed by atoms with E-state index in [9.17, 15) is 4.79 Å². The Morgan fingerprint density at radius 2 is 2.09 bits per heavy atom. The van der Waals surface area contributed by atoms with Gasteiger partial charge in [-0.15, -0.1) is 0 Å². The van der Waals surface area contributed by atoms with Gasteiger partial charge in [0.25, 0.3) is 0 Å². The SMILES string of the molecule is CCCCOCC(=O)N1CCCC[C@@H]1CCc1ccccc1. The number of nitrogens with zero attached hydrogens (tertiary/aromatic N) is 1. The molecule has 1 aliphatic heterocycles. The Morgan fingerprint density at radius 3 is 2.86 bits per heavy atom. The molecule has 1 aromatic carbocycles. The number of likely N-dealkylation sites (tertiary alicyclic amines) is 1. The van der Waals surface area contributed by atoms with Crippen molar-refractivity contribution in [2.24, 2.45) is 0 Å². The van der Waals surface area contributed by atoms with Crippen molar-refractivity contribution in [3.8, 4) is 0 Å². The Labute approximate surface area is 134 Å². The molecule has 1 aromatic rings. The summed E-state index contributed by atoms with van der Waals surface area (Å²) >= 11 is 0. The van der Waals surface area contributed by atoms with E-state index in [0.29, 0.717) is 12.6 Å². The van der Waals surface area contributed by atoms with Gasteiger partial charge in [0.15, 0.2) is 0 Å². The molecular weight excluding hydrogens is 274 g/mol. The van der Waals surface area contributed by atoms with Gasteiger partial charge < -0.3 is 9.64 Å². The molecule has 3 heteroatoms. The maximum Gasteiger partial charge on any atom is 0.248 e. The molecule has 1 heterocycles. The first-order valence-electron chi connectivity index (χ1n) is 8.72. The lowest BCUT2D eigenvalue weighted by atomic mass is 9.96. The normalized spacial score (nSPS) is 18.4. The molecule has 22 heavy (non-hydrogen) atoms. The predicted molar refractivity (Wildman–Crippen MR) is 89.8 cm³/mol. The van der Waals surface area contributed by atoms with Crippen LogP contribution in [0.1, 0.15) is 51.0 Å². The first kappa shape index (κ1) is 17.0. The van der Waals surface area contributed by atoms with Crippen LogP contribution in [0.25, 0.3) is 0 Å². The number of aryl methyl sites for hydroxylation is 1. The fourth-order valence-electron chi connectivity index (χ4n) is 3.10. The molecule has 1 fully saturated rings. The van der Waals surface area contributed by atoms with Crippen LogP contribution in [0.4, 0.5) is 0 Å². The molecule has 0 unspecified atom stereocenters. The van der Waals surface area contributed by atoms with E-state index in [-0.39, 0.29) is 12.5 Å². The fourth-order valence-corrected chi connectivity index (χ4v) is 3.10. The lowest BCUT2D eigenvalue weighted by molar-refractivity contribution is -0.140. The Balaban J connectivity index is 1.81. The minimum absolute atomic E-state index is 0.175. The van der Waals surface area contributed by atoms with E-state index in [1.807, 2.05) is 6.07 Å². The highest BCUT2D eigenvalue weighted by molar-refractivity contribution is 5.77. The van der Waals surface area contributed by atoms with Crippen molar-refractivity contribution in [1.29, 1.82) is 0 Å². The van der Waals surface area contributed by atoms with Gasteiger partial charge in [0.05, 0.1) is 0 Å². The van der Waals surface area contributed by atoms with Crippen LogP contribution >= 0.6 is 0 Å². The summed E-state index contributed by atoms with van der Waals surface area (Å²) in [7, 11) is 0. The van der Waals surface area contributed by atoms with Crippen LogP contribution in [0.15, 0.2) is 30.3 Å². The van der Waals surface area contributed by atoms with Gasteiger partial charge in [-0.25, -0.2) is 0 Å². The summed E-state index contributed by atoms with van der Waals surface area (Å²) in [6, 6.07) is 10.9. The van der Waals surface area contributed by atoms with Crippen molar-refractivity contribution in [2.45, 2.75) is 57.9 Å². The summed E-state index contributed by atoms with van der Waals surface area (Å²) in [5.74, 6) is 0.175. The smallest absolute Gasteiger partial charge is 0.248 e. The zero-order valence-electron chi connectivity index (χ0n) is 13.8. The van der Waals surface area contributed by atoms with Crippen LogP contribution in [0.3, 0.4) is 0 Å². The van der Waals surface area contributed by atoms with E-state index < -0.39 is 0 Å². The number of carbonyl (C=O) groups excluding carboxylic acids is 1. The summed E-state index contributed by atoms with van der Waals surface area (Å²) in [5, 5.41) is 0. The lowest BCUT2D eigenvalue weighted by Gasteiger charge is -2.36. The van der Waals surface area contributed by atoms with Gasteiger partial charge in [-0.05, 0) is 44.1 Å². The zero-order chi connectivity index (χ0) is 15.6. The molecule has 0 spiro atoms. The van der Waals surface area contributed by atoms with Crippen LogP contribution in [0.2, 0.25) is 0 Å². The fraction of sp³-hybridized carbons (Fsp3) is 0.632. The summed E-state index contributed by atoms with van der Waals surface area (Å²) in [6.07, 6.45) is 7.75. The van der Waals surface area contributed by atoms with Gasteiger partial charge in [-0.1, -0.05) is 43.7 Å². The summed E-state index contributed by atoms with van der Waals surface area (Å²) in [6.45, 7) is 3.98. The largest absolute Gasteiger partial charge is 0.372 e. The number of piperidine rings is 1. The van der Waals surface area contributed by atoms with Crippen molar-refractivity contribution in [1.82, 2.24) is 4.90 Å². The maximum absolute atomic E-state index is 12.4. The Morgan fingerprint density at radius 1 is 1.27 bits per heavy atom. The lowest BCUT2D eigenvalue weighted by Crippen LogP contribution is -2.45. The highest BCUT2D eigenvalue weighted by atomic mass is 16.5. The average molecular weight is 303 g/mol. The number of carbonyl (C=O) groups is 1. The molecule has 0 N–H and O–H groups in total. The molecule has 3 nitrogen and oxygen atoms in total. The molecule has 1 saturated heterocycles. The topological polar surface area (TPSA) is 29.5 Å². The third-order valence-corrected chi connectivity index (χ3v) is 4.42. The number of rotatable bonds is 8.